The molecule has 0 aromatic carbocycles. The molecule has 11 N–H and O–H groups in total. The Morgan fingerprint density at radius 3 is 1.86 bits per heavy atom. The Balaban J connectivity index is 1.05. The zero-order valence-corrected chi connectivity index (χ0v) is 31.8. The van der Waals surface area contributed by atoms with Crippen LogP contribution in [0.25, 0.3) is 0 Å². The summed E-state index contributed by atoms with van der Waals surface area (Å²) in [5.74, 6) is -0.537. The van der Waals surface area contributed by atoms with Crippen LogP contribution in [-0.2, 0) is 33.2 Å². The van der Waals surface area contributed by atoms with Crippen LogP contribution in [-0.4, -0.2) is 180 Å². The normalized spacial score (nSPS) is 54.6. The zero-order valence-electron chi connectivity index (χ0n) is 31.8. The third-order valence-corrected chi connectivity index (χ3v) is 15.0. The van der Waals surface area contributed by atoms with Gasteiger partial charge < -0.3 is 84.6 Å². The molecule has 18 heteroatoms. The van der Waals surface area contributed by atoms with Gasteiger partial charge in [-0.3, -0.25) is 4.79 Å². The van der Waals surface area contributed by atoms with Gasteiger partial charge in [-0.25, -0.2) is 0 Å². The molecule has 1 spiro atoms. The lowest BCUT2D eigenvalue weighted by atomic mass is 9.41. The minimum Gasteiger partial charge on any atom is -0.432 e. The Hall–Kier alpha value is -1.43. The molecule has 0 aromatic heterocycles. The number of aliphatic hydroxyl groups excluding tert-OH is 11. The Morgan fingerprint density at radius 1 is 0.679 bits per heavy atom. The van der Waals surface area contributed by atoms with Gasteiger partial charge in [0.25, 0.3) is 0 Å². The van der Waals surface area contributed by atoms with Gasteiger partial charge >= 0.3 is 5.97 Å². The van der Waals surface area contributed by atoms with Crippen LogP contribution in [0.3, 0.4) is 0 Å². The van der Waals surface area contributed by atoms with Gasteiger partial charge in [0, 0.05) is 0 Å². The molecule has 4 saturated carbocycles. The van der Waals surface area contributed by atoms with Crippen LogP contribution in [0.5, 0.6) is 0 Å². The van der Waals surface area contributed by atoms with E-state index in [2.05, 4.69) is 13.5 Å². The van der Waals surface area contributed by atoms with Crippen molar-refractivity contribution in [2.45, 2.75) is 169 Å². The highest BCUT2D eigenvalue weighted by molar-refractivity contribution is 5.77. The highest BCUT2D eigenvalue weighted by Gasteiger charge is 2.69. The maximum atomic E-state index is 14.1. The van der Waals surface area contributed by atoms with Crippen LogP contribution in [0.15, 0.2) is 12.2 Å². The Bertz CT molecular complexity index is 1450. The highest BCUT2D eigenvalue weighted by atomic mass is 16.7. The monoisotopic (exact) mass is 804 g/mol. The van der Waals surface area contributed by atoms with E-state index < -0.39 is 129 Å². The molecule has 2 bridgehead atoms. The first kappa shape index (κ1) is 42.7. The summed E-state index contributed by atoms with van der Waals surface area (Å²) in [7, 11) is 0. The summed E-state index contributed by atoms with van der Waals surface area (Å²) in [6.45, 7) is 6.50. The molecule has 7 rings (SSSR count). The number of hydrogen-bond acceptors (Lipinski definition) is 18. The van der Waals surface area contributed by atoms with Crippen molar-refractivity contribution in [3.63, 3.8) is 0 Å². The highest BCUT2D eigenvalue weighted by Crippen LogP contribution is 2.73. The van der Waals surface area contributed by atoms with Gasteiger partial charge in [-0.15, -0.1) is 0 Å². The lowest BCUT2D eigenvalue weighted by molar-refractivity contribution is -0.368. The maximum Gasteiger partial charge on any atom is 0.314 e. The van der Waals surface area contributed by atoms with Crippen molar-refractivity contribution in [1.29, 1.82) is 0 Å². The largest absolute Gasteiger partial charge is 0.432 e. The summed E-state index contributed by atoms with van der Waals surface area (Å²) < 4.78 is 35.1. The Labute approximate surface area is 324 Å². The van der Waals surface area contributed by atoms with E-state index in [-0.39, 0.29) is 22.7 Å². The van der Waals surface area contributed by atoms with Crippen LogP contribution < -0.4 is 0 Å². The summed E-state index contributed by atoms with van der Waals surface area (Å²) in [6.07, 6.45) is -17.5. The molecular formula is C38H60O18. The molecule has 9 unspecified atom stereocenters. The number of aliphatic hydroxyl groups is 11. The first-order valence-corrected chi connectivity index (χ1v) is 19.9. The molecule has 320 valence electrons. The van der Waals surface area contributed by atoms with E-state index in [4.69, 9.17) is 28.4 Å². The van der Waals surface area contributed by atoms with Crippen molar-refractivity contribution >= 4 is 5.97 Å². The standard InChI is InChI=1S/C38H60O18/c1-16-11-37-9-5-20-35(2,7-4-8-36(20,3)34(50)55-32-28(48)25(45)23(43)18(13-40)52-32)21(37)6-10-38(16,15-37)56-33-29(49)26(46)30(19(14-41)53-33)54-31-27(47)24(44)22(42)17(12-39)51-31/h17-33,39-49H,1,4-15H2,2-3H3/t17?,18?,19?,20-,21-,22+,23+,24?,25?,26?,27?,28?,29?,30+,31-,32-,33-,35+,36+,37+,38-/m0/s1. The van der Waals surface area contributed by atoms with Crippen LogP contribution in [0, 0.1) is 28.1 Å². The number of hydrogen-bond donors (Lipinski definition) is 11. The van der Waals surface area contributed by atoms with E-state index >= 15 is 0 Å². The van der Waals surface area contributed by atoms with E-state index in [1.165, 1.54) is 0 Å². The molecule has 0 aromatic rings. The topological polar surface area (TPSA) is 295 Å². The first-order chi connectivity index (χ1) is 26.4. The van der Waals surface area contributed by atoms with Crippen molar-refractivity contribution in [1.82, 2.24) is 0 Å². The quantitative estimate of drug-likeness (QED) is 0.0631. The predicted octanol–water partition coefficient (Wildman–Crippen LogP) is -2.94. The molecule has 4 aliphatic carbocycles. The predicted molar refractivity (Wildman–Crippen MR) is 186 cm³/mol. The Morgan fingerprint density at radius 2 is 1.23 bits per heavy atom. The van der Waals surface area contributed by atoms with Gasteiger partial charge in [0.05, 0.1) is 30.8 Å². The molecule has 0 amide bonds. The SMILES string of the molecule is C=C1C[C@@]23CC[C@H]4[C@@](C)(CCC[C@@]4(C)C(=O)O[C@@H]4OC(CO)[C@@H](O)C(O)C4O)[C@@H]2CC[C@]1(O[C@@H]1OC(CO)[C@@H](O[C@@H]2OC(CO)[C@@H](O)C(O)C2O)C(O)C1O)C3. The van der Waals surface area contributed by atoms with Gasteiger partial charge in [0.1, 0.15) is 73.2 Å². The van der Waals surface area contributed by atoms with E-state index in [1.807, 2.05) is 6.92 Å². The maximum absolute atomic E-state index is 14.1. The number of carbonyl (C=O) groups excluding carboxylic acids is 1. The molecule has 3 saturated heterocycles. The average molecular weight is 805 g/mol. The van der Waals surface area contributed by atoms with Gasteiger partial charge in [-0.1, -0.05) is 19.9 Å². The lowest BCUT2D eigenvalue weighted by Gasteiger charge is -2.64. The number of rotatable bonds is 9. The zero-order chi connectivity index (χ0) is 40.7. The number of ether oxygens (including phenoxy) is 6. The van der Waals surface area contributed by atoms with Gasteiger partial charge in [0.2, 0.25) is 6.29 Å². The molecule has 56 heavy (non-hydrogen) atoms. The second-order valence-corrected chi connectivity index (χ2v) is 18.0. The number of carbonyl (C=O) groups is 1. The molecule has 7 fully saturated rings. The summed E-state index contributed by atoms with van der Waals surface area (Å²) in [5.41, 5.74) is -1.66. The second kappa shape index (κ2) is 15.6. The van der Waals surface area contributed by atoms with Crippen molar-refractivity contribution in [2.75, 3.05) is 19.8 Å². The number of fused-ring (bicyclic) bond motifs is 3. The summed E-state index contributed by atoms with van der Waals surface area (Å²) in [4.78, 5) is 14.1. The van der Waals surface area contributed by atoms with E-state index in [1.54, 1.807) is 0 Å². The second-order valence-electron chi connectivity index (χ2n) is 18.0. The molecular weight excluding hydrogens is 744 g/mol. The van der Waals surface area contributed by atoms with Gasteiger partial charge in [-0.2, -0.15) is 0 Å². The van der Waals surface area contributed by atoms with E-state index in [0.717, 1.165) is 24.8 Å². The molecule has 3 heterocycles. The van der Waals surface area contributed by atoms with E-state index in [0.29, 0.717) is 38.5 Å². The third-order valence-electron chi connectivity index (χ3n) is 15.0. The average Bonchev–Trinajstić information content (AvgIpc) is 3.37. The summed E-state index contributed by atoms with van der Waals surface area (Å²) >= 11 is 0. The van der Waals surface area contributed by atoms with Crippen LogP contribution in [0.4, 0.5) is 0 Å². The molecule has 21 atom stereocenters. The minimum atomic E-state index is -1.79. The van der Waals surface area contributed by atoms with Crippen LogP contribution in [0.2, 0.25) is 0 Å². The molecule has 7 aliphatic rings. The minimum absolute atomic E-state index is 0.108. The van der Waals surface area contributed by atoms with Crippen molar-refractivity contribution in [2.24, 2.45) is 28.1 Å². The summed E-state index contributed by atoms with van der Waals surface area (Å²) in [5, 5.41) is 114. The first-order valence-electron chi connectivity index (χ1n) is 19.9. The fourth-order valence-electron chi connectivity index (χ4n) is 12.0. The van der Waals surface area contributed by atoms with E-state index in [9.17, 15) is 61.0 Å². The van der Waals surface area contributed by atoms with Crippen molar-refractivity contribution < 1.29 is 89.4 Å². The van der Waals surface area contributed by atoms with Crippen LogP contribution >= 0.6 is 0 Å². The van der Waals surface area contributed by atoms with Crippen molar-refractivity contribution in [3.05, 3.63) is 12.2 Å². The van der Waals surface area contributed by atoms with Crippen molar-refractivity contribution in [3.8, 4) is 0 Å². The van der Waals surface area contributed by atoms with Crippen LogP contribution in [0.1, 0.15) is 71.6 Å². The summed E-state index contributed by atoms with van der Waals surface area (Å²) in [6, 6.07) is 0. The molecule has 18 nitrogen and oxygen atoms in total. The molecule has 3 aliphatic heterocycles. The van der Waals surface area contributed by atoms with Gasteiger partial charge in [0.15, 0.2) is 12.6 Å². The lowest BCUT2D eigenvalue weighted by Crippen LogP contribution is -2.65. The molecule has 0 radical (unpaired) electrons. The Kier molecular flexibility index (Phi) is 11.9. The van der Waals surface area contributed by atoms with Gasteiger partial charge in [-0.05, 0) is 86.5 Å². The number of esters is 1. The fraction of sp³-hybridized carbons (Fsp3) is 0.921. The fourth-order valence-corrected chi connectivity index (χ4v) is 12.0. The third kappa shape index (κ3) is 6.69. The smallest absolute Gasteiger partial charge is 0.314 e.